The SMILES string of the molecule is Cc1ccc(Nc2cnc(Oc3ccc(S(C)(=O)=O)cc3)c(CC3CCOC3)c2)nc1. The van der Waals surface area contributed by atoms with Crippen molar-refractivity contribution >= 4 is 21.3 Å². The van der Waals surface area contributed by atoms with Gasteiger partial charge in [0.15, 0.2) is 9.84 Å². The van der Waals surface area contributed by atoms with Crippen LogP contribution in [0.2, 0.25) is 0 Å². The van der Waals surface area contributed by atoms with Gasteiger partial charge < -0.3 is 14.8 Å². The third-order valence-corrected chi connectivity index (χ3v) is 6.24. The summed E-state index contributed by atoms with van der Waals surface area (Å²) in [6.07, 6.45) is 6.47. The maximum atomic E-state index is 11.7. The summed E-state index contributed by atoms with van der Waals surface area (Å²) in [6.45, 7) is 3.49. The molecule has 1 atom stereocenters. The largest absolute Gasteiger partial charge is 0.439 e. The molecule has 7 nitrogen and oxygen atoms in total. The molecule has 1 N–H and O–H groups in total. The Morgan fingerprint density at radius 2 is 1.94 bits per heavy atom. The zero-order valence-corrected chi connectivity index (χ0v) is 18.4. The number of hydrogen-bond donors (Lipinski definition) is 1. The Bertz CT molecular complexity index is 1140. The molecule has 31 heavy (non-hydrogen) atoms. The lowest BCUT2D eigenvalue weighted by atomic mass is 9.99. The first-order valence-corrected chi connectivity index (χ1v) is 12.0. The second-order valence-corrected chi connectivity index (χ2v) is 9.83. The second-order valence-electron chi connectivity index (χ2n) is 7.81. The normalized spacial score (nSPS) is 16.3. The van der Waals surface area contributed by atoms with E-state index in [9.17, 15) is 8.42 Å². The van der Waals surface area contributed by atoms with E-state index in [1.807, 2.05) is 31.3 Å². The standard InChI is InChI=1S/C23H25N3O4S/c1-16-3-8-22(24-13-16)26-19-12-18(11-17-9-10-29-15-17)23(25-14-19)30-20-4-6-21(7-5-20)31(2,27)28/h3-8,12-14,17H,9-11,15H2,1-2H3,(H,24,26). The van der Waals surface area contributed by atoms with E-state index in [1.165, 1.54) is 18.4 Å². The van der Waals surface area contributed by atoms with Crippen molar-refractivity contribution in [1.82, 2.24) is 9.97 Å². The van der Waals surface area contributed by atoms with Crippen molar-refractivity contribution in [2.75, 3.05) is 24.8 Å². The lowest BCUT2D eigenvalue weighted by Crippen LogP contribution is -2.07. The summed E-state index contributed by atoms with van der Waals surface area (Å²) in [4.78, 5) is 9.17. The van der Waals surface area contributed by atoms with Gasteiger partial charge in [-0.2, -0.15) is 0 Å². The molecule has 0 spiro atoms. The van der Waals surface area contributed by atoms with Gasteiger partial charge in [0.25, 0.3) is 0 Å². The number of anilines is 2. The van der Waals surface area contributed by atoms with Gasteiger partial charge in [0.2, 0.25) is 5.88 Å². The van der Waals surface area contributed by atoms with E-state index >= 15 is 0 Å². The molecule has 162 valence electrons. The second kappa shape index (κ2) is 9.03. The van der Waals surface area contributed by atoms with Crippen molar-refractivity contribution in [2.24, 2.45) is 5.92 Å². The Balaban J connectivity index is 1.58. The Morgan fingerprint density at radius 1 is 1.13 bits per heavy atom. The Morgan fingerprint density at radius 3 is 2.58 bits per heavy atom. The number of ether oxygens (including phenoxy) is 2. The van der Waals surface area contributed by atoms with E-state index in [-0.39, 0.29) is 4.90 Å². The molecule has 1 unspecified atom stereocenters. The van der Waals surface area contributed by atoms with Crippen molar-refractivity contribution in [2.45, 2.75) is 24.7 Å². The van der Waals surface area contributed by atoms with Crippen LogP contribution >= 0.6 is 0 Å². The molecule has 0 amide bonds. The zero-order chi connectivity index (χ0) is 21.8. The van der Waals surface area contributed by atoms with Crippen LogP contribution in [0.3, 0.4) is 0 Å². The van der Waals surface area contributed by atoms with Gasteiger partial charge in [-0.1, -0.05) is 6.07 Å². The summed E-state index contributed by atoms with van der Waals surface area (Å²) in [5.41, 5.74) is 2.88. The number of nitrogens with zero attached hydrogens (tertiary/aromatic N) is 2. The number of benzene rings is 1. The monoisotopic (exact) mass is 439 g/mol. The quantitative estimate of drug-likeness (QED) is 0.587. The summed E-state index contributed by atoms with van der Waals surface area (Å²) in [5, 5.41) is 3.28. The molecule has 8 heteroatoms. The van der Waals surface area contributed by atoms with Crippen LogP contribution in [0.25, 0.3) is 0 Å². The van der Waals surface area contributed by atoms with Gasteiger partial charge in [0, 0.05) is 31.2 Å². The van der Waals surface area contributed by atoms with Crippen LogP contribution in [0.5, 0.6) is 11.6 Å². The molecule has 1 aliphatic rings. The number of rotatable bonds is 7. The average molecular weight is 440 g/mol. The van der Waals surface area contributed by atoms with E-state index in [0.717, 1.165) is 48.7 Å². The van der Waals surface area contributed by atoms with Crippen LogP contribution in [0.15, 0.2) is 59.8 Å². The van der Waals surface area contributed by atoms with Crippen LogP contribution in [0, 0.1) is 12.8 Å². The van der Waals surface area contributed by atoms with Gasteiger partial charge in [0.05, 0.1) is 16.8 Å². The Labute approximate surface area is 182 Å². The van der Waals surface area contributed by atoms with Crippen LogP contribution in [0.4, 0.5) is 11.5 Å². The minimum absolute atomic E-state index is 0.251. The van der Waals surface area contributed by atoms with E-state index in [1.54, 1.807) is 18.3 Å². The molecule has 3 aromatic rings. The summed E-state index contributed by atoms with van der Waals surface area (Å²) in [6, 6.07) is 12.3. The highest BCUT2D eigenvalue weighted by Gasteiger charge is 2.20. The smallest absolute Gasteiger partial charge is 0.222 e. The number of aryl methyl sites for hydroxylation is 1. The molecule has 1 aromatic carbocycles. The lowest BCUT2D eigenvalue weighted by Gasteiger charge is -2.15. The van der Waals surface area contributed by atoms with E-state index in [0.29, 0.717) is 17.5 Å². The molecule has 0 saturated carbocycles. The van der Waals surface area contributed by atoms with E-state index < -0.39 is 9.84 Å². The summed E-state index contributed by atoms with van der Waals surface area (Å²) < 4.78 is 34.9. The predicted octanol–water partition coefficient (Wildman–Crippen LogP) is 4.30. The first kappa shape index (κ1) is 21.3. The van der Waals surface area contributed by atoms with Gasteiger partial charge in [-0.25, -0.2) is 18.4 Å². The fourth-order valence-electron chi connectivity index (χ4n) is 3.42. The molecule has 0 bridgehead atoms. The highest BCUT2D eigenvalue weighted by molar-refractivity contribution is 7.90. The van der Waals surface area contributed by atoms with Crippen LogP contribution < -0.4 is 10.1 Å². The molecule has 0 aliphatic carbocycles. The maximum Gasteiger partial charge on any atom is 0.222 e. The Hall–Kier alpha value is -2.97. The van der Waals surface area contributed by atoms with E-state index in [4.69, 9.17) is 9.47 Å². The molecule has 3 heterocycles. The third kappa shape index (κ3) is 5.59. The predicted molar refractivity (Wildman–Crippen MR) is 119 cm³/mol. The molecule has 2 aromatic heterocycles. The summed E-state index contributed by atoms with van der Waals surface area (Å²) in [7, 11) is -3.25. The zero-order valence-electron chi connectivity index (χ0n) is 17.5. The topological polar surface area (TPSA) is 90.4 Å². The fourth-order valence-corrected chi connectivity index (χ4v) is 4.05. The summed E-state index contributed by atoms with van der Waals surface area (Å²) >= 11 is 0. The summed E-state index contributed by atoms with van der Waals surface area (Å²) in [5.74, 6) is 2.18. The molecule has 1 fully saturated rings. The van der Waals surface area contributed by atoms with Crippen molar-refractivity contribution < 1.29 is 17.9 Å². The van der Waals surface area contributed by atoms with Crippen LogP contribution in [0.1, 0.15) is 17.5 Å². The fraction of sp³-hybridized carbons (Fsp3) is 0.304. The maximum absolute atomic E-state index is 11.7. The minimum Gasteiger partial charge on any atom is -0.439 e. The van der Waals surface area contributed by atoms with Gasteiger partial charge in [-0.3, -0.25) is 0 Å². The van der Waals surface area contributed by atoms with Crippen molar-refractivity contribution in [1.29, 1.82) is 0 Å². The van der Waals surface area contributed by atoms with E-state index in [2.05, 4.69) is 15.3 Å². The van der Waals surface area contributed by atoms with Gasteiger partial charge in [0.1, 0.15) is 11.6 Å². The molecule has 4 rings (SSSR count). The minimum atomic E-state index is -3.25. The van der Waals surface area contributed by atoms with Crippen molar-refractivity contribution in [3.05, 3.63) is 66.0 Å². The van der Waals surface area contributed by atoms with Gasteiger partial charge in [-0.05, 0) is 67.6 Å². The molecular formula is C23H25N3O4S. The molecule has 1 saturated heterocycles. The number of hydrogen-bond acceptors (Lipinski definition) is 7. The van der Waals surface area contributed by atoms with Gasteiger partial charge >= 0.3 is 0 Å². The number of sulfone groups is 1. The Kier molecular flexibility index (Phi) is 6.20. The molecular weight excluding hydrogens is 414 g/mol. The first-order chi connectivity index (χ1) is 14.9. The van der Waals surface area contributed by atoms with Crippen molar-refractivity contribution in [3.63, 3.8) is 0 Å². The van der Waals surface area contributed by atoms with Gasteiger partial charge in [-0.15, -0.1) is 0 Å². The lowest BCUT2D eigenvalue weighted by molar-refractivity contribution is 0.185. The van der Waals surface area contributed by atoms with Crippen LogP contribution in [-0.4, -0.2) is 37.9 Å². The van der Waals surface area contributed by atoms with Crippen LogP contribution in [-0.2, 0) is 21.0 Å². The third-order valence-electron chi connectivity index (χ3n) is 5.11. The molecule has 1 aliphatic heterocycles. The first-order valence-electron chi connectivity index (χ1n) is 10.1. The molecule has 0 radical (unpaired) electrons. The number of pyridine rings is 2. The highest BCUT2D eigenvalue weighted by atomic mass is 32.2. The average Bonchev–Trinajstić information content (AvgIpc) is 3.24. The number of aromatic nitrogens is 2. The highest BCUT2D eigenvalue weighted by Crippen LogP contribution is 2.30. The van der Waals surface area contributed by atoms with Crippen molar-refractivity contribution in [3.8, 4) is 11.6 Å². The number of nitrogens with one attached hydrogen (secondary N) is 1.